The topological polar surface area (TPSA) is 55.1 Å². The van der Waals surface area contributed by atoms with Gasteiger partial charge in [-0.3, -0.25) is 4.79 Å². The van der Waals surface area contributed by atoms with Crippen LogP contribution in [-0.4, -0.2) is 82.3 Å². The van der Waals surface area contributed by atoms with Crippen molar-refractivity contribution in [3.63, 3.8) is 0 Å². The van der Waals surface area contributed by atoms with Crippen LogP contribution in [0.3, 0.4) is 0 Å². The monoisotopic (exact) mass is 547 g/mol. The highest BCUT2D eigenvalue weighted by molar-refractivity contribution is 5.88. The van der Waals surface area contributed by atoms with Crippen LogP contribution in [0.2, 0.25) is 0 Å². The van der Waals surface area contributed by atoms with Crippen LogP contribution in [0.1, 0.15) is 98.8 Å². The molecule has 1 amide bonds. The molecule has 5 heteroatoms. The van der Waals surface area contributed by atoms with Crippen molar-refractivity contribution in [3.8, 4) is 0 Å². The van der Waals surface area contributed by atoms with E-state index in [2.05, 4.69) is 86.4 Å². The van der Waals surface area contributed by atoms with Gasteiger partial charge in [0.1, 0.15) is 0 Å². The van der Waals surface area contributed by atoms with Gasteiger partial charge in [0.05, 0.1) is 54.4 Å². The second kappa shape index (κ2) is 21.1. The SMILES string of the molecule is CC(C)=CCC/C(C)=C/CC/C(C)=C/CC/C(C)=C\C(=O)NCCC[N+](C)(C)CCCC[N+](C)(C)CCCN. The number of allylic oxidation sites excluding steroid dienone is 7. The maximum atomic E-state index is 12.3. The van der Waals surface area contributed by atoms with Crippen LogP contribution in [0, 0.1) is 0 Å². The van der Waals surface area contributed by atoms with E-state index >= 15 is 0 Å². The van der Waals surface area contributed by atoms with Crippen molar-refractivity contribution in [3.05, 3.63) is 46.6 Å². The summed E-state index contributed by atoms with van der Waals surface area (Å²) >= 11 is 0. The predicted octanol–water partition coefficient (Wildman–Crippen LogP) is 6.92. The van der Waals surface area contributed by atoms with Gasteiger partial charge >= 0.3 is 0 Å². The Bertz CT molecular complexity index is 798. The molecule has 0 unspecified atom stereocenters. The van der Waals surface area contributed by atoms with Crippen molar-refractivity contribution in [1.29, 1.82) is 0 Å². The summed E-state index contributed by atoms with van der Waals surface area (Å²) in [4.78, 5) is 12.3. The number of nitrogens with one attached hydrogen (secondary N) is 1. The minimum Gasteiger partial charge on any atom is -0.352 e. The van der Waals surface area contributed by atoms with E-state index in [1.54, 1.807) is 6.08 Å². The number of hydrogen-bond donors (Lipinski definition) is 2. The first-order valence-electron chi connectivity index (χ1n) is 15.5. The number of amides is 1. The second-order valence-electron chi connectivity index (χ2n) is 13.2. The Morgan fingerprint density at radius 3 is 1.56 bits per heavy atom. The van der Waals surface area contributed by atoms with Crippen LogP contribution in [0.4, 0.5) is 0 Å². The number of quaternary nitrogens is 2. The number of hydrogen-bond acceptors (Lipinski definition) is 2. The Morgan fingerprint density at radius 1 is 0.641 bits per heavy atom. The van der Waals surface area contributed by atoms with Gasteiger partial charge in [-0.15, -0.1) is 0 Å². The normalized spacial score (nSPS) is 13.5. The molecule has 0 aromatic carbocycles. The van der Waals surface area contributed by atoms with Crippen LogP contribution in [-0.2, 0) is 4.79 Å². The summed E-state index contributed by atoms with van der Waals surface area (Å²) < 4.78 is 2.08. The van der Waals surface area contributed by atoms with E-state index in [0.29, 0.717) is 0 Å². The molecule has 0 aromatic rings. The number of nitrogens with zero attached hydrogens (tertiary/aromatic N) is 2. The average Bonchev–Trinajstić information content (AvgIpc) is 2.83. The summed E-state index contributed by atoms with van der Waals surface area (Å²) in [6.45, 7) is 17.0. The fourth-order valence-electron chi connectivity index (χ4n) is 4.77. The molecule has 0 fully saturated rings. The Labute approximate surface area is 243 Å². The van der Waals surface area contributed by atoms with Gasteiger partial charge in [0, 0.05) is 38.3 Å². The first-order chi connectivity index (χ1) is 18.3. The maximum absolute atomic E-state index is 12.3. The summed E-state index contributed by atoms with van der Waals surface area (Å²) in [5.41, 5.74) is 11.1. The zero-order valence-electron chi connectivity index (χ0n) is 27.5. The molecule has 5 nitrogen and oxygen atoms in total. The van der Waals surface area contributed by atoms with Gasteiger partial charge in [0.25, 0.3) is 0 Å². The highest BCUT2D eigenvalue weighted by Gasteiger charge is 2.17. The third kappa shape index (κ3) is 23.9. The Hall–Kier alpha value is -1.69. The third-order valence-electron chi connectivity index (χ3n) is 7.52. The third-order valence-corrected chi connectivity index (χ3v) is 7.52. The quantitative estimate of drug-likeness (QED) is 0.0670. The predicted molar refractivity (Wildman–Crippen MR) is 173 cm³/mol. The van der Waals surface area contributed by atoms with E-state index < -0.39 is 0 Å². The molecule has 0 aliphatic heterocycles. The smallest absolute Gasteiger partial charge is 0.243 e. The molecule has 0 radical (unpaired) electrons. The zero-order valence-corrected chi connectivity index (χ0v) is 27.5. The summed E-state index contributed by atoms with van der Waals surface area (Å²) in [6, 6.07) is 0. The van der Waals surface area contributed by atoms with Crippen LogP contribution < -0.4 is 11.1 Å². The molecule has 226 valence electrons. The average molecular weight is 547 g/mol. The van der Waals surface area contributed by atoms with Crippen molar-refractivity contribution in [1.82, 2.24) is 5.32 Å². The highest BCUT2D eigenvalue weighted by atomic mass is 16.1. The van der Waals surface area contributed by atoms with Gasteiger partial charge in [0.15, 0.2) is 0 Å². The first-order valence-corrected chi connectivity index (χ1v) is 15.5. The van der Waals surface area contributed by atoms with Crippen molar-refractivity contribution in [2.24, 2.45) is 5.73 Å². The largest absolute Gasteiger partial charge is 0.352 e. The molecular formula is C34H66N4O+2. The van der Waals surface area contributed by atoms with Gasteiger partial charge in [-0.05, 0) is 79.7 Å². The van der Waals surface area contributed by atoms with Gasteiger partial charge < -0.3 is 20.0 Å². The van der Waals surface area contributed by atoms with Gasteiger partial charge in [-0.25, -0.2) is 0 Å². The van der Waals surface area contributed by atoms with E-state index in [0.717, 1.165) is 92.1 Å². The van der Waals surface area contributed by atoms with Crippen molar-refractivity contribution in [2.45, 2.75) is 98.8 Å². The van der Waals surface area contributed by atoms with Crippen LogP contribution >= 0.6 is 0 Å². The van der Waals surface area contributed by atoms with Crippen molar-refractivity contribution in [2.75, 3.05) is 67.5 Å². The molecule has 39 heavy (non-hydrogen) atoms. The molecule has 0 atom stereocenters. The number of carbonyl (C=O) groups is 1. The zero-order chi connectivity index (χ0) is 29.7. The lowest BCUT2D eigenvalue weighted by Gasteiger charge is -2.32. The fraction of sp³-hybridized carbons (Fsp3) is 0.735. The molecule has 0 saturated carbocycles. The lowest BCUT2D eigenvalue weighted by Crippen LogP contribution is -2.44. The molecule has 0 aliphatic rings. The van der Waals surface area contributed by atoms with E-state index in [9.17, 15) is 4.79 Å². The van der Waals surface area contributed by atoms with E-state index in [1.165, 1.54) is 42.7 Å². The number of unbranched alkanes of at least 4 members (excludes halogenated alkanes) is 1. The number of carbonyl (C=O) groups excluding carboxylic acids is 1. The minimum absolute atomic E-state index is 0.0460. The van der Waals surface area contributed by atoms with Crippen molar-refractivity contribution >= 4 is 5.91 Å². The Balaban J connectivity index is 4.13. The molecule has 0 saturated heterocycles. The summed E-state index contributed by atoms with van der Waals surface area (Å²) in [7, 11) is 9.22. The molecule has 0 aliphatic carbocycles. The molecule has 0 spiro atoms. The van der Waals surface area contributed by atoms with Crippen LogP contribution in [0.5, 0.6) is 0 Å². The van der Waals surface area contributed by atoms with Crippen molar-refractivity contribution < 1.29 is 13.8 Å². The van der Waals surface area contributed by atoms with Gasteiger partial charge in [0.2, 0.25) is 5.91 Å². The summed E-state index contributed by atoms with van der Waals surface area (Å²) in [6.07, 6.45) is 19.9. The minimum atomic E-state index is 0.0460. The lowest BCUT2D eigenvalue weighted by atomic mass is 10.0. The second-order valence-corrected chi connectivity index (χ2v) is 13.2. The summed E-state index contributed by atoms with van der Waals surface area (Å²) in [5.74, 6) is 0.0460. The molecule has 3 N–H and O–H groups in total. The highest BCUT2D eigenvalue weighted by Crippen LogP contribution is 2.13. The van der Waals surface area contributed by atoms with Crippen LogP contribution in [0.25, 0.3) is 0 Å². The number of rotatable bonds is 22. The van der Waals surface area contributed by atoms with E-state index in [4.69, 9.17) is 5.73 Å². The molecule has 0 aromatic heterocycles. The Morgan fingerprint density at radius 2 is 1.08 bits per heavy atom. The van der Waals surface area contributed by atoms with Crippen LogP contribution in [0.15, 0.2) is 46.6 Å². The standard InChI is InChI=1S/C34H65N4O/c1-30(2)17-12-18-31(3)19-13-20-32(4)21-14-22-33(5)29-34(39)36-24-16-28-38(8,9)26-11-10-25-37(6,7)27-15-23-35/h17,19,21,29H,10-16,18,20,22-28,35H2,1-9H3/q+1/p+1/b31-19+,32-21+,33-29-. The summed E-state index contributed by atoms with van der Waals surface area (Å²) in [5, 5.41) is 3.09. The number of nitrogens with two attached hydrogens (primary N) is 1. The molecule has 0 rings (SSSR count). The van der Waals surface area contributed by atoms with E-state index in [1.807, 2.05) is 0 Å². The lowest BCUT2D eigenvalue weighted by molar-refractivity contribution is -0.896. The molecule has 0 bridgehead atoms. The van der Waals surface area contributed by atoms with Gasteiger partial charge in [-0.1, -0.05) is 40.5 Å². The van der Waals surface area contributed by atoms with E-state index in [-0.39, 0.29) is 5.91 Å². The maximum Gasteiger partial charge on any atom is 0.243 e. The Kier molecular flexibility index (Phi) is 20.2. The molecular weight excluding hydrogens is 480 g/mol. The molecule has 0 heterocycles. The first kappa shape index (κ1) is 37.3. The van der Waals surface area contributed by atoms with Gasteiger partial charge in [-0.2, -0.15) is 0 Å². The fourth-order valence-corrected chi connectivity index (χ4v) is 4.77.